The van der Waals surface area contributed by atoms with Gasteiger partial charge in [0.1, 0.15) is 0 Å². The maximum atomic E-state index is 11.9. The van der Waals surface area contributed by atoms with Crippen LogP contribution in [0.1, 0.15) is 31.2 Å². The van der Waals surface area contributed by atoms with Crippen LogP contribution in [0.2, 0.25) is 0 Å². The summed E-state index contributed by atoms with van der Waals surface area (Å²) in [5.74, 6) is 1.32. The topological polar surface area (TPSA) is 72.2 Å². The molecule has 110 valence electrons. The van der Waals surface area contributed by atoms with E-state index >= 15 is 0 Å². The Balaban J connectivity index is 1.59. The van der Waals surface area contributed by atoms with Gasteiger partial charge in [0.15, 0.2) is 0 Å². The average molecular weight is 286 g/mol. The molecular weight excluding hydrogens is 268 g/mol. The van der Waals surface area contributed by atoms with Gasteiger partial charge in [-0.3, -0.25) is 14.9 Å². The van der Waals surface area contributed by atoms with Crippen molar-refractivity contribution in [2.24, 2.45) is 11.8 Å². The molecule has 1 aromatic carbocycles. The van der Waals surface area contributed by atoms with Gasteiger partial charge in [0.25, 0.3) is 5.69 Å². The minimum absolute atomic E-state index is 0.0330. The molecule has 2 fully saturated rings. The third-order valence-electron chi connectivity index (χ3n) is 4.57. The van der Waals surface area contributed by atoms with Crippen LogP contribution in [0.25, 0.3) is 6.08 Å². The minimum Gasteiger partial charge on any atom is -0.350 e. The zero-order valence-corrected chi connectivity index (χ0v) is 11.7. The number of carbonyl (C=O) groups excluding carboxylic acids is 1. The maximum Gasteiger partial charge on any atom is 0.270 e. The summed E-state index contributed by atoms with van der Waals surface area (Å²) < 4.78 is 0. The number of benzene rings is 1. The number of non-ortho nitro benzene ring substituents is 1. The van der Waals surface area contributed by atoms with Crippen LogP contribution in [0, 0.1) is 22.0 Å². The van der Waals surface area contributed by atoms with Gasteiger partial charge in [0, 0.05) is 24.3 Å². The van der Waals surface area contributed by atoms with E-state index in [9.17, 15) is 14.9 Å². The molecular formula is C16H18N2O3. The molecule has 2 aliphatic carbocycles. The van der Waals surface area contributed by atoms with E-state index in [4.69, 9.17) is 0 Å². The van der Waals surface area contributed by atoms with Crippen molar-refractivity contribution in [1.82, 2.24) is 5.32 Å². The van der Waals surface area contributed by atoms with Gasteiger partial charge < -0.3 is 5.32 Å². The summed E-state index contributed by atoms with van der Waals surface area (Å²) in [4.78, 5) is 22.2. The molecule has 1 amide bonds. The van der Waals surface area contributed by atoms with Crippen LogP contribution in [0.5, 0.6) is 0 Å². The minimum atomic E-state index is -0.438. The summed E-state index contributed by atoms with van der Waals surface area (Å²) in [6.07, 6.45) is 7.96. The lowest BCUT2D eigenvalue weighted by Crippen LogP contribution is -2.37. The fourth-order valence-electron chi connectivity index (χ4n) is 3.57. The van der Waals surface area contributed by atoms with Gasteiger partial charge in [-0.25, -0.2) is 0 Å². The average Bonchev–Trinajstić information content (AvgIpc) is 3.08. The number of nitro groups is 1. The zero-order chi connectivity index (χ0) is 14.8. The Bertz CT molecular complexity index is 597. The van der Waals surface area contributed by atoms with Crippen LogP contribution < -0.4 is 5.32 Å². The van der Waals surface area contributed by atoms with Crippen LogP contribution in [-0.4, -0.2) is 16.9 Å². The Labute approximate surface area is 123 Å². The van der Waals surface area contributed by atoms with Crippen LogP contribution >= 0.6 is 0 Å². The maximum absolute atomic E-state index is 11.9. The highest BCUT2D eigenvalue weighted by atomic mass is 16.6. The molecule has 1 N–H and O–H groups in total. The molecule has 2 bridgehead atoms. The summed E-state index contributed by atoms with van der Waals surface area (Å²) in [7, 11) is 0. The molecule has 3 atom stereocenters. The Hall–Kier alpha value is -2.17. The van der Waals surface area contributed by atoms with E-state index in [1.165, 1.54) is 37.5 Å². The van der Waals surface area contributed by atoms with E-state index < -0.39 is 4.92 Å². The number of hydrogen-bond acceptors (Lipinski definition) is 3. The van der Waals surface area contributed by atoms with Crippen molar-refractivity contribution >= 4 is 17.7 Å². The molecule has 1 aromatic rings. The molecule has 0 saturated heterocycles. The molecule has 0 spiro atoms. The number of nitrogens with zero attached hydrogens (tertiary/aromatic N) is 1. The number of rotatable bonds is 4. The second-order valence-electron chi connectivity index (χ2n) is 5.98. The lowest BCUT2D eigenvalue weighted by molar-refractivity contribution is -0.384. The zero-order valence-electron chi connectivity index (χ0n) is 11.7. The number of amides is 1. The molecule has 0 aromatic heterocycles. The number of hydrogen-bond donors (Lipinski definition) is 1. The molecule has 5 nitrogen and oxygen atoms in total. The van der Waals surface area contributed by atoms with Gasteiger partial charge in [-0.1, -0.05) is 18.6 Å². The molecule has 2 saturated carbocycles. The van der Waals surface area contributed by atoms with Crippen molar-refractivity contribution in [2.45, 2.75) is 31.7 Å². The normalized spacial score (nSPS) is 27.1. The molecule has 0 radical (unpaired) electrons. The fraction of sp³-hybridized carbons (Fsp3) is 0.438. The molecule has 0 heterocycles. The predicted molar refractivity (Wildman–Crippen MR) is 79.5 cm³/mol. The van der Waals surface area contributed by atoms with Gasteiger partial charge in [0.2, 0.25) is 5.91 Å². The Morgan fingerprint density at radius 3 is 2.86 bits per heavy atom. The highest BCUT2D eigenvalue weighted by molar-refractivity contribution is 5.92. The fourth-order valence-corrected chi connectivity index (χ4v) is 3.57. The summed E-state index contributed by atoms with van der Waals surface area (Å²) in [5, 5.41) is 13.8. The SMILES string of the molecule is O=C(/C=C/c1cccc([N+](=O)[O-])c1)N[C@@H]1C[C@@H]2CC[C@@H]1C2. The molecule has 0 aliphatic heterocycles. The van der Waals surface area contributed by atoms with E-state index in [-0.39, 0.29) is 11.6 Å². The van der Waals surface area contributed by atoms with Crippen molar-refractivity contribution in [2.75, 3.05) is 0 Å². The smallest absolute Gasteiger partial charge is 0.270 e. The van der Waals surface area contributed by atoms with Gasteiger partial charge in [0.05, 0.1) is 4.92 Å². The molecule has 21 heavy (non-hydrogen) atoms. The molecule has 2 aliphatic rings. The molecule has 5 heteroatoms. The highest BCUT2D eigenvalue weighted by Gasteiger charge is 2.39. The summed E-state index contributed by atoms with van der Waals surface area (Å²) in [6.45, 7) is 0. The van der Waals surface area contributed by atoms with Gasteiger partial charge in [-0.05, 0) is 42.7 Å². The number of nitro benzene ring substituents is 1. The van der Waals surface area contributed by atoms with E-state index in [0.29, 0.717) is 17.5 Å². The summed E-state index contributed by atoms with van der Waals surface area (Å²) >= 11 is 0. The van der Waals surface area contributed by atoms with E-state index in [2.05, 4.69) is 5.32 Å². The van der Waals surface area contributed by atoms with Gasteiger partial charge in [-0.2, -0.15) is 0 Å². The summed E-state index contributed by atoms with van der Waals surface area (Å²) in [6, 6.07) is 6.57. The van der Waals surface area contributed by atoms with Crippen molar-refractivity contribution in [3.05, 3.63) is 46.0 Å². The molecule has 0 unspecified atom stereocenters. The van der Waals surface area contributed by atoms with Crippen molar-refractivity contribution in [1.29, 1.82) is 0 Å². The van der Waals surface area contributed by atoms with Crippen molar-refractivity contribution in [3.63, 3.8) is 0 Å². The lowest BCUT2D eigenvalue weighted by atomic mass is 9.95. The molecule has 3 rings (SSSR count). The largest absolute Gasteiger partial charge is 0.350 e. The van der Waals surface area contributed by atoms with Crippen LogP contribution in [-0.2, 0) is 4.79 Å². The Morgan fingerprint density at radius 2 is 2.19 bits per heavy atom. The second-order valence-corrected chi connectivity index (χ2v) is 5.98. The Kier molecular flexibility index (Phi) is 3.73. The van der Waals surface area contributed by atoms with Crippen molar-refractivity contribution < 1.29 is 9.72 Å². The third kappa shape index (κ3) is 3.12. The first kappa shape index (κ1) is 13.8. The van der Waals surface area contributed by atoms with E-state index in [1.54, 1.807) is 18.2 Å². The quantitative estimate of drug-likeness (QED) is 0.525. The van der Waals surface area contributed by atoms with Crippen LogP contribution in [0.3, 0.4) is 0 Å². The monoisotopic (exact) mass is 286 g/mol. The Morgan fingerprint density at radius 1 is 1.33 bits per heavy atom. The standard InChI is InChI=1S/C16H18N2O3/c19-16(17-15-10-12-4-6-13(15)8-12)7-5-11-2-1-3-14(9-11)18(20)21/h1-3,5,7,9,12-13,15H,4,6,8,10H2,(H,17,19)/b7-5+/t12-,13-,15-/m1/s1. The van der Waals surface area contributed by atoms with E-state index in [1.807, 2.05) is 0 Å². The van der Waals surface area contributed by atoms with Gasteiger partial charge in [-0.15, -0.1) is 0 Å². The van der Waals surface area contributed by atoms with Crippen LogP contribution in [0.4, 0.5) is 5.69 Å². The third-order valence-corrected chi connectivity index (χ3v) is 4.57. The predicted octanol–water partition coefficient (Wildman–Crippen LogP) is 2.91. The summed E-state index contributed by atoms with van der Waals surface area (Å²) in [5.41, 5.74) is 0.693. The van der Waals surface area contributed by atoms with E-state index in [0.717, 1.165) is 12.3 Å². The van der Waals surface area contributed by atoms with Crippen LogP contribution in [0.15, 0.2) is 30.3 Å². The second kappa shape index (κ2) is 5.68. The van der Waals surface area contributed by atoms with Gasteiger partial charge >= 0.3 is 0 Å². The number of carbonyl (C=O) groups is 1. The highest BCUT2D eigenvalue weighted by Crippen LogP contribution is 2.44. The van der Waals surface area contributed by atoms with Crippen molar-refractivity contribution in [3.8, 4) is 0 Å². The number of nitrogens with one attached hydrogen (secondary N) is 1. The number of fused-ring (bicyclic) bond motifs is 2. The first-order chi connectivity index (χ1) is 10.1. The lowest BCUT2D eigenvalue weighted by Gasteiger charge is -2.22. The first-order valence-corrected chi connectivity index (χ1v) is 7.35. The first-order valence-electron chi connectivity index (χ1n) is 7.35.